The molecular formula is C22H32O4. The van der Waals surface area contributed by atoms with E-state index in [9.17, 15) is 14.4 Å². The van der Waals surface area contributed by atoms with Gasteiger partial charge in [-0.25, -0.2) is 4.79 Å². The Bertz CT molecular complexity index is 640. The number of esters is 1. The lowest BCUT2D eigenvalue weighted by atomic mass is 9.44. The molecule has 0 aliphatic heterocycles. The zero-order valence-corrected chi connectivity index (χ0v) is 16.4. The molecule has 0 bridgehead atoms. The van der Waals surface area contributed by atoms with Crippen LogP contribution < -0.4 is 0 Å². The van der Waals surface area contributed by atoms with Crippen molar-refractivity contribution in [1.82, 2.24) is 0 Å². The van der Waals surface area contributed by atoms with E-state index in [1.807, 2.05) is 0 Å². The molecule has 26 heavy (non-hydrogen) atoms. The molecule has 0 saturated heterocycles. The first-order chi connectivity index (χ1) is 12.3. The maximum Gasteiger partial charge on any atom is 0.374 e. The topological polar surface area (TPSA) is 60.4 Å². The van der Waals surface area contributed by atoms with Crippen molar-refractivity contribution in [3.05, 3.63) is 0 Å². The number of rotatable bonds is 2. The Kier molecular flexibility index (Phi) is 4.32. The molecule has 4 fully saturated rings. The van der Waals surface area contributed by atoms with Gasteiger partial charge in [0, 0.05) is 18.8 Å². The lowest BCUT2D eigenvalue weighted by molar-refractivity contribution is -0.158. The van der Waals surface area contributed by atoms with Crippen LogP contribution in [0.4, 0.5) is 0 Å². The van der Waals surface area contributed by atoms with Crippen molar-refractivity contribution in [2.24, 2.45) is 40.4 Å². The molecule has 4 heteroatoms. The van der Waals surface area contributed by atoms with E-state index in [0.29, 0.717) is 34.9 Å². The number of Topliss-reactive ketones (excluding diaryl/α,β-unsaturated/α-hetero) is 2. The summed E-state index contributed by atoms with van der Waals surface area (Å²) in [6.07, 6.45) is 9.00. The highest BCUT2D eigenvalue weighted by molar-refractivity contribution is 6.34. The Hall–Kier alpha value is -1.19. The molecule has 4 nitrogen and oxygen atoms in total. The molecule has 0 unspecified atom stereocenters. The SMILES string of the molecule is COC(=O)C(=O)[C@H]1CC[C@H]2[C@@H]3CC[C@H]4CC(=O)CC[C@]4(C)[C@H]3CC[C@]12C. The highest BCUT2D eigenvalue weighted by Crippen LogP contribution is 2.67. The monoisotopic (exact) mass is 360 g/mol. The van der Waals surface area contributed by atoms with Gasteiger partial charge in [0.1, 0.15) is 5.78 Å². The van der Waals surface area contributed by atoms with Gasteiger partial charge in [0.2, 0.25) is 5.78 Å². The van der Waals surface area contributed by atoms with Crippen molar-refractivity contribution in [3.63, 3.8) is 0 Å². The number of hydrogen-bond acceptors (Lipinski definition) is 4. The fourth-order valence-corrected chi connectivity index (χ4v) is 7.72. The van der Waals surface area contributed by atoms with E-state index < -0.39 is 5.97 Å². The largest absolute Gasteiger partial charge is 0.463 e. The summed E-state index contributed by atoms with van der Waals surface area (Å²) in [6, 6.07) is 0. The second kappa shape index (κ2) is 6.17. The first-order valence-corrected chi connectivity index (χ1v) is 10.4. The van der Waals surface area contributed by atoms with E-state index in [2.05, 4.69) is 13.8 Å². The van der Waals surface area contributed by atoms with E-state index in [1.165, 1.54) is 13.5 Å². The van der Waals surface area contributed by atoms with Crippen LogP contribution in [0.5, 0.6) is 0 Å². The normalized spacial score (nSPS) is 47.5. The van der Waals surface area contributed by atoms with Crippen LogP contribution in [0.15, 0.2) is 0 Å². The summed E-state index contributed by atoms with van der Waals surface area (Å²) in [4.78, 5) is 36.5. The van der Waals surface area contributed by atoms with E-state index in [0.717, 1.165) is 51.4 Å². The zero-order valence-electron chi connectivity index (χ0n) is 16.4. The molecule has 0 aromatic carbocycles. The van der Waals surface area contributed by atoms with Gasteiger partial charge in [0.25, 0.3) is 0 Å². The Balaban J connectivity index is 1.59. The van der Waals surface area contributed by atoms with Gasteiger partial charge in [0.05, 0.1) is 7.11 Å². The first kappa shape index (κ1) is 18.2. The number of methoxy groups -OCH3 is 1. The van der Waals surface area contributed by atoms with Crippen LogP contribution >= 0.6 is 0 Å². The Morgan fingerprint density at radius 1 is 0.962 bits per heavy atom. The Morgan fingerprint density at radius 3 is 2.42 bits per heavy atom. The highest BCUT2D eigenvalue weighted by atomic mass is 16.5. The summed E-state index contributed by atoms with van der Waals surface area (Å²) in [6.45, 7) is 4.70. The summed E-state index contributed by atoms with van der Waals surface area (Å²) >= 11 is 0. The van der Waals surface area contributed by atoms with Gasteiger partial charge >= 0.3 is 5.97 Å². The minimum atomic E-state index is -0.666. The van der Waals surface area contributed by atoms with E-state index >= 15 is 0 Å². The molecule has 144 valence electrons. The average molecular weight is 360 g/mol. The molecule has 0 aromatic heterocycles. The molecule has 4 saturated carbocycles. The number of hydrogen-bond donors (Lipinski definition) is 0. The van der Waals surface area contributed by atoms with Crippen molar-refractivity contribution in [3.8, 4) is 0 Å². The standard InChI is InChI=1S/C22H32O4/c1-21-10-8-14(23)12-13(21)4-5-15-16-6-7-18(19(24)20(25)26-3)22(16,2)11-9-17(15)21/h13,15-18H,4-12H2,1-3H3/t13-,15-,16-,17-,18+,21-,22-/m0/s1. The van der Waals surface area contributed by atoms with Gasteiger partial charge in [-0.2, -0.15) is 0 Å². The predicted molar refractivity (Wildman–Crippen MR) is 97.2 cm³/mol. The third kappa shape index (κ3) is 2.43. The van der Waals surface area contributed by atoms with Crippen molar-refractivity contribution in [1.29, 1.82) is 0 Å². The summed E-state index contributed by atoms with van der Waals surface area (Å²) in [5.41, 5.74) is 0.239. The minimum Gasteiger partial charge on any atom is -0.463 e. The van der Waals surface area contributed by atoms with Gasteiger partial charge in [-0.1, -0.05) is 13.8 Å². The lowest BCUT2D eigenvalue weighted by Gasteiger charge is -2.60. The minimum absolute atomic E-state index is 0.0554. The van der Waals surface area contributed by atoms with Gasteiger partial charge in [-0.05, 0) is 79.4 Å². The fraction of sp³-hybridized carbons (Fsp3) is 0.864. The van der Waals surface area contributed by atoms with Crippen LogP contribution in [0, 0.1) is 40.4 Å². The number of ketones is 2. The van der Waals surface area contributed by atoms with Gasteiger partial charge < -0.3 is 4.74 Å². The van der Waals surface area contributed by atoms with Gasteiger partial charge in [-0.3, -0.25) is 9.59 Å². The van der Waals surface area contributed by atoms with Crippen molar-refractivity contribution >= 4 is 17.5 Å². The maximum atomic E-state index is 12.6. The number of fused-ring (bicyclic) bond motifs is 5. The van der Waals surface area contributed by atoms with Crippen molar-refractivity contribution in [2.75, 3.05) is 7.11 Å². The van der Waals surface area contributed by atoms with Crippen LogP contribution in [-0.2, 0) is 19.1 Å². The lowest BCUT2D eigenvalue weighted by Crippen LogP contribution is -2.54. The van der Waals surface area contributed by atoms with Crippen LogP contribution in [0.3, 0.4) is 0 Å². The molecule has 4 rings (SSSR count). The fourth-order valence-electron chi connectivity index (χ4n) is 7.72. The average Bonchev–Trinajstić information content (AvgIpc) is 2.98. The Morgan fingerprint density at radius 2 is 1.69 bits per heavy atom. The number of carbonyl (C=O) groups is 3. The molecule has 0 heterocycles. The number of carbonyl (C=O) groups excluding carboxylic acids is 3. The number of ether oxygens (including phenoxy) is 1. The summed E-state index contributed by atoms with van der Waals surface area (Å²) < 4.78 is 4.73. The van der Waals surface area contributed by atoms with Crippen LogP contribution in [0.1, 0.15) is 71.6 Å². The molecule has 4 aliphatic rings. The molecule has 7 atom stereocenters. The van der Waals surface area contributed by atoms with E-state index in [1.54, 1.807) is 0 Å². The first-order valence-electron chi connectivity index (χ1n) is 10.4. The third-order valence-electron chi connectivity index (χ3n) is 9.18. The summed E-state index contributed by atoms with van der Waals surface area (Å²) in [5, 5.41) is 0. The van der Waals surface area contributed by atoms with Crippen molar-refractivity contribution < 1.29 is 19.1 Å². The third-order valence-corrected chi connectivity index (χ3v) is 9.18. The van der Waals surface area contributed by atoms with Crippen LogP contribution in [0.25, 0.3) is 0 Å². The summed E-state index contributed by atoms with van der Waals surface area (Å²) in [7, 11) is 1.30. The zero-order chi connectivity index (χ0) is 18.7. The maximum absolute atomic E-state index is 12.6. The van der Waals surface area contributed by atoms with E-state index in [4.69, 9.17) is 4.74 Å². The highest BCUT2D eigenvalue weighted by Gasteiger charge is 2.61. The summed E-state index contributed by atoms with van der Waals surface area (Å²) in [5.74, 6) is 1.74. The van der Waals surface area contributed by atoms with Crippen LogP contribution in [0.2, 0.25) is 0 Å². The van der Waals surface area contributed by atoms with Gasteiger partial charge in [-0.15, -0.1) is 0 Å². The molecule has 0 spiro atoms. The molecule has 0 radical (unpaired) electrons. The molecule has 4 aliphatic carbocycles. The second-order valence-electron chi connectivity index (χ2n) is 9.93. The van der Waals surface area contributed by atoms with Crippen molar-refractivity contribution in [2.45, 2.75) is 71.6 Å². The molecule has 0 amide bonds. The van der Waals surface area contributed by atoms with Gasteiger partial charge in [0.15, 0.2) is 0 Å². The Labute approximate surface area is 156 Å². The molecule has 0 aromatic rings. The second-order valence-corrected chi connectivity index (χ2v) is 9.93. The smallest absolute Gasteiger partial charge is 0.374 e. The molecule has 0 N–H and O–H groups in total. The van der Waals surface area contributed by atoms with Crippen LogP contribution in [-0.4, -0.2) is 24.6 Å². The van der Waals surface area contributed by atoms with E-state index in [-0.39, 0.29) is 17.1 Å². The predicted octanol–water partition coefficient (Wildman–Crippen LogP) is 3.96. The quantitative estimate of drug-likeness (QED) is 0.552. The molecular weight excluding hydrogens is 328 g/mol.